The molecule has 40 heavy (non-hydrogen) atoms. The number of nitrogens with two attached hydrogens (primary N) is 1. The van der Waals surface area contributed by atoms with Crippen LogP contribution in [0.5, 0.6) is 0 Å². The number of hydrogen-bond donors (Lipinski definition) is 2. The van der Waals surface area contributed by atoms with E-state index in [9.17, 15) is 31.5 Å². The Morgan fingerprint density at radius 3 is 2.45 bits per heavy atom. The van der Waals surface area contributed by atoms with Crippen molar-refractivity contribution >= 4 is 39.1 Å². The summed E-state index contributed by atoms with van der Waals surface area (Å²) in [6.07, 6.45) is -4.63. The Morgan fingerprint density at radius 1 is 1.20 bits per heavy atom. The Labute approximate surface area is 228 Å². The van der Waals surface area contributed by atoms with Gasteiger partial charge in [-0.05, 0) is 51.3 Å². The van der Waals surface area contributed by atoms with Gasteiger partial charge in [-0.25, -0.2) is 13.8 Å². The number of nitrogens with zero attached hydrogens (tertiary/aromatic N) is 5. The van der Waals surface area contributed by atoms with Crippen LogP contribution in [-0.2, 0) is 17.5 Å². The molecular formula is C25H24F5N7O2S. The fraction of sp³-hybridized carbons (Fsp3) is 0.400. The average Bonchev–Trinajstić information content (AvgIpc) is 3.34. The molecule has 1 atom stereocenters. The lowest BCUT2D eigenvalue weighted by Gasteiger charge is -2.17. The fourth-order valence-electron chi connectivity index (χ4n) is 4.56. The van der Waals surface area contributed by atoms with Gasteiger partial charge in [0, 0.05) is 35.3 Å². The molecule has 1 fully saturated rings. The minimum Gasteiger partial charge on any atom is -0.365 e. The van der Waals surface area contributed by atoms with Gasteiger partial charge in [-0.2, -0.15) is 23.4 Å². The number of amides is 2. The Kier molecular flexibility index (Phi) is 6.88. The lowest BCUT2D eigenvalue weighted by molar-refractivity contribution is -0.141. The van der Waals surface area contributed by atoms with Crippen LogP contribution in [0.4, 0.5) is 27.6 Å². The second-order valence-corrected chi connectivity index (χ2v) is 10.6. The normalized spacial score (nSPS) is 14.7. The number of carbonyl (C=O) groups excluding carboxylic acids is 2. The van der Waals surface area contributed by atoms with Gasteiger partial charge in [0.25, 0.3) is 12.3 Å². The van der Waals surface area contributed by atoms with Crippen LogP contribution in [0.15, 0.2) is 18.3 Å². The highest BCUT2D eigenvalue weighted by atomic mass is 32.1. The summed E-state index contributed by atoms with van der Waals surface area (Å²) in [5, 5.41) is 10.9. The smallest absolute Gasteiger partial charge is 0.365 e. The van der Waals surface area contributed by atoms with Crippen molar-refractivity contribution in [1.82, 2.24) is 24.5 Å². The van der Waals surface area contributed by atoms with Crippen LogP contribution in [0.3, 0.4) is 0 Å². The highest BCUT2D eigenvalue weighted by Crippen LogP contribution is 2.45. The van der Waals surface area contributed by atoms with Crippen molar-refractivity contribution in [2.45, 2.75) is 64.7 Å². The highest BCUT2D eigenvalue weighted by molar-refractivity contribution is 7.21. The number of nitrogens with one attached hydrogen (secondary N) is 1. The molecule has 1 unspecified atom stereocenters. The van der Waals surface area contributed by atoms with Gasteiger partial charge in [0.2, 0.25) is 5.91 Å². The van der Waals surface area contributed by atoms with Crippen molar-refractivity contribution in [3.63, 3.8) is 0 Å². The molecule has 3 N–H and O–H groups in total. The van der Waals surface area contributed by atoms with Gasteiger partial charge < -0.3 is 11.1 Å². The first-order valence-corrected chi connectivity index (χ1v) is 13.2. The van der Waals surface area contributed by atoms with E-state index in [0.29, 0.717) is 30.6 Å². The molecule has 2 amide bonds. The van der Waals surface area contributed by atoms with Gasteiger partial charge in [0.05, 0.1) is 11.4 Å². The quantitative estimate of drug-likeness (QED) is 0.254. The van der Waals surface area contributed by atoms with Crippen LogP contribution in [0.2, 0.25) is 0 Å². The monoisotopic (exact) mass is 581 g/mol. The van der Waals surface area contributed by atoms with Crippen LogP contribution in [0.25, 0.3) is 21.3 Å². The standard InChI is InChI=1S/C25H24F5N7O2S/c1-4-36-9-14(10(2)34-36)13-7-15(21(26)27)32-24-18(13)19(20(40-24)22(31)38)33-23(39)11(3)37-16(12-5-6-12)8-17(35-37)25(28,29)30/h7-9,11-12,21H,4-6H2,1-3H3,(H2,31,38)(H,33,39). The summed E-state index contributed by atoms with van der Waals surface area (Å²) >= 11 is 0.734. The van der Waals surface area contributed by atoms with Gasteiger partial charge in [0.1, 0.15) is 21.4 Å². The maximum Gasteiger partial charge on any atom is 0.435 e. The molecule has 0 radical (unpaired) electrons. The van der Waals surface area contributed by atoms with Crippen molar-refractivity contribution < 1.29 is 31.5 Å². The topological polar surface area (TPSA) is 121 Å². The number of thiophene rings is 1. The molecule has 0 bridgehead atoms. The molecule has 212 valence electrons. The van der Waals surface area contributed by atoms with E-state index < -0.39 is 41.8 Å². The van der Waals surface area contributed by atoms with Crippen LogP contribution in [0, 0.1) is 6.92 Å². The van der Waals surface area contributed by atoms with Gasteiger partial charge >= 0.3 is 6.18 Å². The van der Waals surface area contributed by atoms with Crippen LogP contribution >= 0.6 is 11.3 Å². The lowest BCUT2D eigenvalue weighted by Crippen LogP contribution is -2.27. The fourth-order valence-corrected chi connectivity index (χ4v) is 5.57. The van der Waals surface area contributed by atoms with Crippen molar-refractivity contribution in [1.29, 1.82) is 0 Å². The first kappa shape index (κ1) is 27.7. The number of anilines is 1. The van der Waals surface area contributed by atoms with Crippen LogP contribution in [0.1, 0.15) is 77.5 Å². The number of carbonyl (C=O) groups is 2. The summed E-state index contributed by atoms with van der Waals surface area (Å²) < 4.78 is 70.5. The van der Waals surface area contributed by atoms with Gasteiger partial charge in [0.15, 0.2) is 5.69 Å². The number of pyridine rings is 1. The summed E-state index contributed by atoms with van der Waals surface area (Å²) in [4.78, 5) is 29.8. The zero-order valence-corrected chi connectivity index (χ0v) is 22.3. The summed E-state index contributed by atoms with van der Waals surface area (Å²) in [5.74, 6) is -1.86. The predicted molar refractivity (Wildman–Crippen MR) is 137 cm³/mol. The van der Waals surface area contributed by atoms with Crippen LogP contribution < -0.4 is 11.1 Å². The number of primary amides is 1. The maximum absolute atomic E-state index is 13.8. The van der Waals surface area contributed by atoms with Crippen molar-refractivity contribution in [2.75, 3.05) is 5.32 Å². The third-order valence-electron chi connectivity index (χ3n) is 6.73. The summed E-state index contributed by atoms with van der Waals surface area (Å²) in [5.41, 5.74) is 5.40. The molecule has 0 aliphatic heterocycles. The molecule has 1 aliphatic carbocycles. The first-order valence-electron chi connectivity index (χ1n) is 12.4. The van der Waals surface area contributed by atoms with Gasteiger partial charge in [-0.3, -0.25) is 19.0 Å². The van der Waals surface area contributed by atoms with E-state index in [4.69, 9.17) is 5.73 Å². The van der Waals surface area contributed by atoms with Gasteiger partial charge in [-0.15, -0.1) is 11.3 Å². The van der Waals surface area contributed by atoms with Crippen molar-refractivity contribution in [2.24, 2.45) is 5.73 Å². The Balaban J connectivity index is 1.64. The zero-order valence-electron chi connectivity index (χ0n) is 21.5. The molecule has 15 heteroatoms. The zero-order chi connectivity index (χ0) is 29.1. The second-order valence-electron chi connectivity index (χ2n) is 9.57. The minimum absolute atomic E-state index is 0.0327. The summed E-state index contributed by atoms with van der Waals surface area (Å²) in [7, 11) is 0. The minimum atomic E-state index is -4.70. The van der Waals surface area contributed by atoms with E-state index in [-0.39, 0.29) is 38.0 Å². The summed E-state index contributed by atoms with van der Waals surface area (Å²) in [6, 6.07) is 0.906. The van der Waals surface area contributed by atoms with Crippen molar-refractivity contribution in [3.05, 3.63) is 46.0 Å². The van der Waals surface area contributed by atoms with E-state index in [1.54, 1.807) is 17.8 Å². The molecular weight excluding hydrogens is 557 g/mol. The van der Waals surface area contributed by atoms with E-state index in [0.717, 1.165) is 22.1 Å². The molecule has 1 saturated carbocycles. The molecule has 4 aromatic rings. The summed E-state index contributed by atoms with van der Waals surface area (Å²) in [6.45, 7) is 5.42. The Hall–Kier alpha value is -3.88. The molecule has 5 rings (SSSR count). The molecule has 9 nitrogen and oxygen atoms in total. The number of halogens is 5. The number of aromatic nitrogens is 5. The Morgan fingerprint density at radius 2 is 1.90 bits per heavy atom. The highest BCUT2D eigenvalue weighted by Gasteiger charge is 2.39. The lowest BCUT2D eigenvalue weighted by atomic mass is 10.0. The number of hydrogen-bond acceptors (Lipinski definition) is 6. The third kappa shape index (κ3) is 4.93. The van der Waals surface area contributed by atoms with Gasteiger partial charge in [-0.1, -0.05) is 0 Å². The number of fused-ring (bicyclic) bond motifs is 1. The molecule has 4 heterocycles. The SMILES string of the molecule is CCn1cc(-c2cc(C(F)F)nc3sc(C(N)=O)c(NC(=O)C(C)n4nc(C(F)(F)F)cc4C4CC4)c23)c(C)n1. The Bertz CT molecular complexity index is 1630. The average molecular weight is 582 g/mol. The largest absolute Gasteiger partial charge is 0.435 e. The third-order valence-corrected chi connectivity index (χ3v) is 7.83. The van der Waals surface area contributed by atoms with Crippen molar-refractivity contribution in [3.8, 4) is 11.1 Å². The molecule has 0 aromatic carbocycles. The molecule has 4 aromatic heterocycles. The number of alkyl halides is 5. The molecule has 0 spiro atoms. The van der Waals surface area contributed by atoms with E-state index >= 15 is 0 Å². The maximum atomic E-state index is 13.8. The van der Waals surface area contributed by atoms with E-state index in [1.165, 1.54) is 13.0 Å². The second kappa shape index (κ2) is 9.94. The number of rotatable bonds is 8. The first-order chi connectivity index (χ1) is 18.8. The molecule has 1 aliphatic rings. The van der Waals surface area contributed by atoms with E-state index in [2.05, 4.69) is 20.5 Å². The predicted octanol–water partition coefficient (Wildman–Crippen LogP) is 5.82. The van der Waals surface area contributed by atoms with Crippen LogP contribution in [-0.4, -0.2) is 36.4 Å². The molecule has 0 saturated heterocycles. The number of aryl methyl sites for hydroxylation is 2. The van der Waals surface area contributed by atoms with E-state index in [1.807, 2.05) is 6.92 Å².